The van der Waals surface area contributed by atoms with Crippen LogP contribution in [0.1, 0.15) is 29.9 Å². The smallest absolute Gasteiger partial charge is 0.188 e. The van der Waals surface area contributed by atoms with E-state index in [2.05, 4.69) is 44.2 Å². The van der Waals surface area contributed by atoms with Crippen molar-refractivity contribution >= 4 is 16.7 Å². The zero-order valence-corrected chi connectivity index (χ0v) is 16.7. The van der Waals surface area contributed by atoms with Gasteiger partial charge in [-0.15, -0.1) is 0 Å². The molecule has 3 aromatic heterocycles. The third kappa shape index (κ3) is 4.12. The molecule has 1 aromatic carbocycles. The van der Waals surface area contributed by atoms with Gasteiger partial charge in [0.25, 0.3) is 0 Å². The molecule has 0 aliphatic carbocycles. The minimum Gasteiger partial charge on any atom is -0.302 e. The Labute approximate surface area is 168 Å². The highest BCUT2D eigenvalue weighted by Gasteiger charge is 2.16. The van der Waals surface area contributed by atoms with Crippen molar-refractivity contribution in [2.75, 3.05) is 19.6 Å². The molecule has 4 rings (SSSR count). The average molecular weight is 391 g/mol. The lowest BCUT2D eigenvalue weighted by atomic mass is 10.0. The second-order valence-corrected chi connectivity index (χ2v) is 7.06. The Bertz CT molecular complexity index is 1090. The molecule has 0 saturated heterocycles. The fraction of sp³-hybridized carbons (Fsp3) is 0.333. The standard InChI is InChI=1S/C21H25N7O/c1-3-27(4-2)7-8-28-14-15(11-24-28)9-20(29)21-18-6-5-16(10-19(18)25-26-21)17-12-22-23-13-17/h5-6,10-14H,3-4,7-9H2,1-2H3,(H,22,23)(H,25,26). The molecule has 29 heavy (non-hydrogen) atoms. The van der Waals surface area contributed by atoms with Crippen LogP contribution in [0.15, 0.2) is 43.0 Å². The number of likely N-dealkylation sites (N-methyl/N-ethyl adjacent to an activating group) is 1. The van der Waals surface area contributed by atoms with Crippen LogP contribution in [0.2, 0.25) is 0 Å². The molecule has 0 aliphatic heterocycles. The summed E-state index contributed by atoms with van der Waals surface area (Å²) in [7, 11) is 0. The molecule has 0 amide bonds. The molecule has 4 aromatic rings. The Balaban J connectivity index is 1.45. The highest BCUT2D eigenvalue weighted by molar-refractivity contribution is 6.07. The van der Waals surface area contributed by atoms with Gasteiger partial charge in [0.05, 0.1) is 24.5 Å². The molecule has 8 nitrogen and oxygen atoms in total. The average Bonchev–Trinajstić information content (AvgIpc) is 3.49. The summed E-state index contributed by atoms with van der Waals surface area (Å²) in [6.07, 6.45) is 7.61. The fourth-order valence-corrected chi connectivity index (χ4v) is 3.49. The molecule has 0 unspecified atom stereocenters. The maximum atomic E-state index is 12.8. The molecule has 0 saturated carbocycles. The third-order valence-corrected chi connectivity index (χ3v) is 5.25. The number of aromatic nitrogens is 6. The topological polar surface area (TPSA) is 95.5 Å². The highest BCUT2D eigenvalue weighted by Crippen LogP contribution is 2.25. The molecule has 0 radical (unpaired) electrons. The lowest BCUT2D eigenvalue weighted by molar-refractivity contribution is 0.0989. The van der Waals surface area contributed by atoms with Gasteiger partial charge in [0.1, 0.15) is 5.69 Å². The quantitative estimate of drug-likeness (QED) is 0.428. The number of aromatic amines is 2. The van der Waals surface area contributed by atoms with Crippen molar-refractivity contribution in [1.82, 2.24) is 35.1 Å². The number of benzene rings is 1. The molecule has 0 spiro atoms. The summed E-state index contributed by atoms with van der Waals surface area (Å²) in [5.41, 5.74) is 4.21. The number of hydrogen-bond acceptors (Lipinski definition) is 5. The van der Waals surface area contributed by atoms with Crippen LogP contribution in [0.3, 0.4) is 0 Å². The van der Waals surface area contributed by atoms with Crippen molar-refractivity contribution < 1.29 is 4.79 Å². The van der Waals surface area contributed by atoms with Gasteiger partial charge in [-0.3, -0.25) is 19.7 Å². The van der Waals surface area contributed by atoms with Crippen LogP contribution in [0.4, 0.5) is 0 Å². The number of ketones is 1. The zero-order chi connectivity index (χ0) is 20.2. The number of Topliss-reactive ketones (excluding diaryl/α,β-unsaturated/α-hetero) is 1. The van der Waals surface area contributed by atoms with Crippen LogP contribution >= 0.6 is 0 Å². The van der Waals surface area contributed by atoms with E-state index in [1.165, 1.54) is 0 Å². The summed E-state index contributed by atoms with van der Waals surface area (Å²) < 4.78 is 1.90. The van der Waals surface area contributed by atoms with E-state index < -0.39 is 0 Å². The number of nitrogens with one attached hydrogen (secondary N) is 2. The van der Waals surface area contributed by atoms with E-state index in [9.17, 15) is 4.79 Å². The van der Waals surface area contributed by atoms with E-state index in [1.54, 1.807) is 12.4 Å². The molecule has 2 N–H and O–H groups in total. The van der Waals surface area contributed by atoms with Crippen LogP contribution in [0.25, 0.3) is 22.0 Å². The van der Waals surface area contributed by atoms with Gasteiger partial charge in [-0.05, 0) is 36.3 Å². The van der Waals surface area contributed by atoms with Crippen molar-refractivity contribution in [3.8, 4) is 11.1 Å². The first kappa shape index (κ1) is 19.1. The van der Waals surface area contributed by atoms with Crippen molar-refractivity contribution in [2.45, 2.75) is 26.8 Å². The number of hydrogen-bond donors (Lipinski definition) is 2. The van der Waals surface area contributed by atoms with Gasteiger partial charge < -0.3 is 4.90 Å². The molecule has 0 fully saturated rings. The van der Waals surface area contributed by atoms with Gasteiger partial charge in [-0.25, -0.2) is 0 Å². The molecule has 0 bridgehead atoms. The predicted molar refractivity (Wildman–Crippen MR) is 112 cm³/mol. The van der Waals surface area contributed by atoms with Crippen molar-refractivity contribution in [2.24, 2.45) is 0 Å². The zero-order valence-electron chi connectivity index (χ0n) is 16.7. The van der Waals surface area contributed by atoms with Gasteiger partial charge in [-0.2, -0.15) is 15.3 Å². The van der Waals surface area contributed by atoms with E-state index in [4.69, 9.17) is 0 Å². The van der Waals surface area contributed by atoms with Gasteiger partial charge in [0.15, 0.2) is 5.78 Å². The maximum absolute atomic E-state index is 12.8. The first-order valence-corrected chi connectivity index (χ1v) is 9.92. The Morgan fingerprint density at radius 2 is 2.03 bits per heavy atom. The largest absolute Gasteiger partial charge is 0.302 e. The van der Waals surface area contributed by atoms with Gasteiger partial charge in [0, 0.05) is 36.3 Å². The second-order valence-electron chi connectivity index (χ2n) is 7.06. The van der Waals surface area contributed by atoms with E-state index in [1.807, 2.05) is 35.3 Å². The molecular formula is C21H25N7O. The Morgan fingerprint density at radius 1 is 1.17 bits per heavy atom. The molecular weight excluding hydrogens is 366 g/mol. The van der Waals surface area contributed by atoms with Crippen molar-refractivity contribution in [1.29, 1.82) is 0 Å². The summed E-state index contributed by atoms with van der Waals surface area (Å²) in [5.74, 6) is -0.0180. The summed E-state index contributed by atoms with van der Waals surface area (Å²) in [5, 5.41) is 19.3. The summed E-state index contributed by atoms with van der Waals surface area (Å²) in [4.78, 5) is 15.2. The van der Waals surface area contributed by atoms with Crippen LogP contribution < -0.4 is 0 Å². The van der Waals surface area contributed by atoms with E-state index in [0.717, 1.165) is 53.8 Å². The second kappa shape index (κ2) is 8.40. The Kier molecular flexibility index (Phi) is 5.53. The Morgan fingerprint density at radius 3 is 2.79 bits per heavy atom. The minimum absolute atomic E-state index is 0.0180. The predicted octanol–water partition coefficient (Wildman–Crippen LogP) is 2.92. The number of fused-ring (bicyclic) bond motifs is 1. The summed E-state index contributed by atoms with van der Waals surface area (Å²) in [6.45, 7) is 8.13. The van der Waals surface area contributed by atoms with Crippen LogP contribution in [-0.2, 0) is 13.0 Å². The van der Waals surface area contributed by atoms with E-state index in [-0.39, 0.29) is 12.2 Å². The Hall–Kier alpha value is -3.26. The van der Waals surface area contributed by atoms with Crippen molar-refractivity contribution in [3.63, 3.8) is 0 Å². The maximum Gasteiger partial charge on any atom is 0.188 e. The van der Waals surface area contributed by atoms with Crippen LogP contribution in [-0.4, -0.2) is 60.5 Å². The van der Waals surface area contributed by atoms with Crippen LogP contribution in [0, 0.1) is 0 Å². The molecule has 0 aliphatic rings. The molecule has 8 heteroatoms. The molecule has 0 atom stereocenters. The monoisotopic (exact) mass is 391 g/mol. The SMILES string of the molecule is CCN(CC)CCn1cc(CC(=O)c2n[nH]c3cc(-c4cn[nH]c4)ccc23)cn1. The minimum atomic E-state index is -0.0180. The first-order valence-electron chi connectivity index (χ1n) is 9.92. The first-order chi connectivity index (χ1) is 14.2. The van der Waals surface area contributed by atoms with Gasteiger partial charge in [0.2, 0.25) is 0 Å². The van der Waals surface area contributed by atoms with E-state index in [0.29, 0.717) is 5.69 Å². The lowest BCUT2D eigenvalue weighted by Gasteiger charge is -2.17. The molecule has 150 valence electrons. The highest BCUT2D eigenvalue weighted by atomic mass is 16.1. The molecule has 3 heterocycles. The number of carbonyl (C=O) groups is 1. The number of rotatable bonds is 9. The summed E-state index contributed by atoms with van der Waals surface area (Å²) >= 11 is 0. The van der Waals surface area contributed by atoms with Crippen molar-refractivity contribution in [3.05, 3.63) is 54.2 Å². The number of H-pyrrole nitrogens is 2. The van der Waals surface area contributed by atoms with Crippen LogP contribution in [0.5, 0.6) is 0 Å². The normalized spacial score (nSPS) is 11.6. The fourth-order valence-electron chi connectivity index (χ4n) is 3.49. The third-order valence-electron chi connectivity index (χ3n) is 5.25. The van der Waals surface area contributed by atoms with Gasteiger partial charge >= 0.3 is 0 Å². The lowest BCUT2D eigenvalue weighted by Crippen LogP contribution is -2.27. The summed E-state index contributed by atoms with van der Waals surface area (Å²) in [6, 6.07) is 5.89. The number of carbonyl (C=O) groups excluding carboxylic acids is 1. The van der Waals surface area contributed by atoms with E-state index >= 15 is 0 Å². The van der Waals surface area contributed by atoms with Gasteiger partial charge in [-0.1, -0.05) is 19.9 Å². The number of nitrogens with zero attached hydrogens (tertiary/aromatic N) is 5.